The Hall–Kier alpha value is -1.04. The summed E-state index contributed by atoms with van der Waals surface area (Å²) in [5.74, 6) is 0.107. The number of ether oxygens (including phenoxy) is 1. The molecule has 0 fully saturated rings. The lowest BCUT2D eigenvalue weighted by atomic mass is 10.1. The Morgan fingerprint density at radius 1 is 1.50 bits per heavy atom. The molecule has 1 aliphatic rings. The van der Waals surface area contributed by atoms with E-state index in [0.717, 1.165) is 17.1 Å². The quantitative estimate of drug-likeness (QED) is 0.903. The number of rotatable bonds is 4. The zero-order valence-electron chi connectivity index (χ0n) is 10.9. The van der Waals surface area contributed by atoms with Gasteiger partial charge < -0.3 is 10.1 Å². The lowest BCUT2D eigenvalue weighted by Gasteiger charge is -2.32. The SMILES string of the molecule is CNCc1ccc2c(c1)N(COC)C(=O)C(C)S2. The molecule has 0 spiro atoms. The number of hydrogen-bond donors (Lipinski definition) is 1. The molecule has 0 radical (unpaired) electrons. The zero-order chi connectivity index (χ0) is 13.1. The van der Waals surface area contributed by atoms with Crippen molar-refractivity contribution in [2.24, 2.45) is 0 Å². The number of fused-ring (bicyclic) bond motifs is 1. The number of nitrogens with one attached hydrogen (secondary N) is 1. The molecule has 1 amide bonds. The monoisotopic (exact) mass is 266 g/mol. The first kappa shape index (κ1) is 13.4. The van der Waals surface area contributed by atoms with E-state index in [4.69, 9.17) is 4.74 Å². The Bertz CT molecular complexity index is 451. The number of benzene rings is 1. The molecule has 0 bridgehead atoms. The molecule has 0 saturated carbocycles. The third-order valence-corrected chi connectivity index (χ3v) is 4.03. The van der Waals surface area contributed by atoms with Gasteiger partial charge in [-0.15, -0.1) is 11.8 Å². The second-order valence-corrected chi connectivity index (χ2v) is 5.66. The summed E-state index contributed by atoms with van der Waals surface area (Å²) in [6.45, 7) is 3.03. The van der Waals surface area contributed by atoms with E-state index in [1.807, 2.05) is 14.0 Å². The Morgan fingerprint density at radius 2 is 2.28 bits per heavy atom. The summed E-state index contributed by atoms with van der Waals surface area (Å²) < 4.78 is 5.14. The van der Waals surface area contributed by atoms with E-state index in [0.29, 0.717) is 6.73 Å². The van der Waals surface area contributed by atoms with E-state index in [1.165, 1.54) is 5.56 Å². The second kappa shape index (κ2) is 5.73. The van der Waals surface area contributed by atoms with Crippen LogP contribution >= 0.6 is 11.8 Å². The van der Waals surface area contributed by atoms with E-state index in [2.05, 4.69) is 23.5 Å². The smallest absolute Gasteiger partial charge is 0.242 e. The highest BCUT2D eigenvalue weighted by Crippen LogP contribution is 2.39. The van der Waals surface area contributed by atoms with E-state index in [9.17, 15) is 4.79 Å². The summed E-state index contributed by atoms with van der Waals surface area (Å²) in [6.07, 6.45) is 0. The van der Waals surface area contributed by atoms with E-state index in [1.54, 1.807) is 23.8 Å². The van der Waals surface area contributed by atoms with Gasteiger partial charge in [-0.2, -0.15) is 0 Å². The number of carbonyl (C=O) groups is 1. The van der Waals surface area contributed by atoms with Gasteiger partial charge >= 0.3 is 0 Å². The predicted molar refractivity (Wildman–Crippen MR) is 73.9 cm³/mol. The van der Waals surface area contributed by atoms with Crippen molar-refractivity contribution in [1.29, 1.82) is 0 Å². The Morgan fingerprint density at radius 3 is 2.94 bits per heavy atom. The fraction of sp³-hybridized carbons (Fsp3) is 0.462. The molecular formula is C13H18N2O2S. The molecule has 98 valence electrons. The van der Waals surface area contributed by atoms with Gasteiger partial charge in [-0.1, -0.05) is 6.07 Å². The normalized spacial score (nSPS) is 18.9. The minimum atomic E-state index is -0.0530. The molecular weight excluding hydrogens is 248 g/mol. The molecule has 1 aromatic rings. The number of carbonyl (C=O) groups excluding carboxylic acids is 1. The lowest BCUT2D eigenvalue weighted by molar-refractivity contribution is -0.119. The van der Waals surface area contributed by atoms with Crippen LogP contribution in [0.4, 0.5) is 5.69 Å². The second-order valence-electron chi connectivity index (χ2n) is 4.28. The number of nitrogens with zero attached hydrogens (tertiary/aromatic N) is 1. The first-order valence-electron chi connectivity index (χ1n) is 5.92. The summed E-state index contributed by atoms with van der Waals surface area (Å²) in [6, 6.07) is 6.23. The molecule has 1 unspecified atom stereocenters. The van der Waals surface area contributed by atoms with E-state index >= 15 is 0 Å². The lowest BCUT2D eigenvalue weighted by Crippen LogP contribution is -2.41. The fourth-order valence-corrected chi connectivity index (χ4v) is 3.07. The molecule has 4 nitrogen and oxygen atoms in total. The molecule has 1 N–H and O–H groups in total. The predicted octanol–water partition coefficient (Wildman–Crippen LogP) is 1.84. The molecule has 1 aromatic carbocycles. The van der Waals surface area contributed by atoms with Crippen LogP contribution < -0.4 is 10.2 Å². The first-order chi connectivity index (χ1) is 8.67. The molecule has 0 aromatic heterocycles. The van der Waals surface area contributed by atoms with Gasteiger partial charge in [0.25, 0.3) is 0 Å². The van der Waals surface area contributed by atoms with Crippen LogP contribution in [-0.2, 0) is 16.1 Å². The van der Waals surface area contributed by atoms with E-state index < -0.39 is 0 Å². The number of amides is 1. The summed E-state index contributed by atoms with van der Waals surface area (Å²) in [4.78, 5) is 15.0. The van der Waals surface area contributed by atoms with E-state index in [-0.39, 0.29) is 11.2 Å². The maximum Gasteiger partial charge on any atom is 0.242 e. The molecule has 18 heavy (non-hydrogen) atoms. The topological polar surface area (TPSA) is 41.6 Å². The first-order valence-corrected chi connectivity index (χ1v) is 6.80. The van der Waals surface area contributed by atoms with Crippen molar-refractivity contribution in [3.8, 4) is 0 Å². The zero-order valence-corrected chi connectivity index (χ0v) is 11.7. The van der Waals surface area contributed by atoms with Crippen LogP contribution in [0.25, 0.3) is 0 Å². The van der Waals surface area contributed by atoms with Gasteiger partial charge in [-0.25, -0.2) is 0 Å². The van der Waals surface area contributed by atoms with Crippen molar-refractivity contribution in [3.05, 3.63) is 23.8 Å². The van der Waals surface area contributed by atoms with Crippen LogP contribution in [0.3, 0.4) is 0 Å². The van der Waals surface area contributed by atoms with Crippen molar-refractivity contribution in [2.45, 2.75) is 23.6 Å². The summed E-state index contributed by atoms with van der Waals surface area (Å²) in [5, 5.41) is 3.06. The summed E-state index contributed by atoms with van der Waals surface area (Å²) in [7, 11) is 3.52. The van der Waals surface area contributed by atoms with Crippen LogP contribution in [0.15, 0.2) is 23.1 Å². The molecule has 1 heterocycles. The minimum absolute atomic E-state index is 0.0530. The number of hydrogen-bond acceptors (Lipinski definition) is 4. The van der Waals surface area contributed by atoms with Crippen LogP contribution in [0.5, 0.6) is 0 Å². The molecule has 1 atom stereocenters. The molecule has 0 saturated heterocycles. The van der Waals surface area contributed by atoms with Crippen molar-refractivity contribution in [3.63, 3.8) is 0 Å². The Labute approximate surface area is 112 Å². The van der Waals surface area contributed by atoms with Crippen molar-refractivity contribution in [1.82, 2.24) is 5.32 Å². The van der Waals surface area contributed by atoms with Gasteiger partial charge in [-0.3, -0.25) is 9.69 Å². The number of methoxy groups -OCH3 is 1. The number of thioether (sulfide) groups is 1. The molecule has 0 aliphatic carbocycles. The van der Waals surface area contributed by atoms with Gasteiger partial charge in [0.2, 0.25) is 5.91 Å². The maximum absolute atomic E-state index is 12.2. The largest absolute Gasteiger partial charge is 0.364 e. The van der Waals surface area contributed by atoms with Crippen LogP contribution in [0, 0.1) is 0 Å². The Kier molecular flexibility index (Phi) is 4.27. The van der Waals surface area contributed by atoms with Crippen LogP contribution in [-0.4, -0.2) is 32.0 Å². The summed E-state index contributed by atoms with van der Waals surface area (Å²) >= 11 is 1.61. The Balaban J connectivity index is 2.38. The van der Waals surface area contributed by atoms with Crippen LogP contribution in [0.1, 0.15) is 12.5 Å². The van der Waals surface area contributed by atoms with Gasteiger partial charge in [0.15, 0.2) is 0 Å². The van der Waals surface area contributed by atoms with Gasteiger partial charge in [-0.05, 0) is 31.7 Å². The maximum atomic E-state index is 12.2. The molecule has 5 heteroatoms. The molecule has 2 rings (SSSR count). The van der Waals surface area contributed by atoms with Gasteiger partial charge in [0.05, 0.1) is 10.9 Å². The van der Waals surface area contributed by atoms with Crippen molar-refractivity contribution < 1.29 is 9.53 Å². The highest BCUT2D eigenvalue weighted by molar-refractivity contribution is 8.00. The highest BCUT2D eigenvalue weighted by Gasteiger charge is 2.30. The average Bonchev–Trinajstić information content (AvgIpc) is 2.36. The fourth-order valence-electron chi connectivity index (χ4n) is 2.03. The molecule has 1 aliphatic heterocycles. The third kappa shape index (κ3) is 2.53. The standard InChI is InChI=1S/C13H18N2O2S/c1-9-13(16)15(8-17-3)11-6-10(7-14-2)4-5-12(11)18-9/h4-6,9,14H,7-8H2,1-3H3. The average molecular weight is 266 g/mol. The van der Waals surface area contributed by atoms with Crippen molar-refractivity contribution >= 4 is 23.4 Å². The highest BCUT2D eigenvalue weighted by atomic mass is 32.2. The van der Waals surface area contributed by atoms with Crippen LogP contribution in [0.2, 0.25) is 0 Å². The third-order valence-electron chi connectivity index (χ3n) is 2.87. The minimum Gasteiger partial charge on any atom is -0.364 e. The van der Waals surface area contributed by atoms with Crippen molar-refractivity contribution in [2.75, 3.05) is 25.8 Å². The number of anilines is 1. The summed E-state index contributed by atoms with van der Waals surface area (Å²) in [5.41, 5.74) is 2.12. The van der Waals surface area contributed by atoms with Gasteiger partial charge in [0.1, 0.15) is 6.73 Å². The van der Waals surface area contributed by atoms with Gasteiger partial charge in [0, 0.05) is 18.6 Å².